The number of sulfonamides is 1. The lowest BCUT2D eigenvalue weighted by Crippen LogP contribution is -2.48. The topological polar surface area (TPSA) is 62.6 Å². The van der Waals surface area contributed by atoms with Crippen LogP contribution in [-0.4, -0.2) is 54.3 Å². The third-order valence-corrected chi connectivity index (χ3v) is 8.28. The van der Waals surface area contributed by atoms with E-state index in [4.69, 9.17) is 0 Å². The number of fused-ring (bicyclic) bond motifs is 1. The largest absolute Gasteiger partial charge is 0.348 e. The molecule has 1 aromatic heterocycles. The lowest BCUT2D eigenvalue weighted by Gasteiger charge is -2.37. The fraction of sp³-hybridized carbons (Fsp3) is 0.591. The number of aryl methyl sites for hydroxylation is 1. The van der Waals surface area contributed by atoms with Crippen molar-refractivity contribution in [2.45, 2.75) is 51.0 Å². The number of benzene rings is 1. The molecule has 6 nitrogen and oxygen atoms in total. The van der Waals surface area contributed by atoms with Gasteiger partial charge in [-0.1, -0.05) is 6.92 Å². The van der Waals surface area contributed by atoms with Crippen LogP contribution in [0.25, 0.3) is 10.9 Å². The molecule has 2 aliphatic heterocycles. The number of hydrogen-bond acceptors (Lipinski definition) is 3. The van der Waals surface area contributed by atoms with Crippen molar-refractivity contribution in [2.75, 3.05) is 26.2 Å². The Bertz CT molecular complexity index is 998. The zero-order valence-corrected chi connectivity index (χ0v) is 18.2. The summed E-state index contributed by atoms with van der Waals surface area (Å²) in [5, 5.41) is 0.930. The zero-order chi connectivity index (χ0) is 20.6. The first kappa shape index (κ1) is 20.4. The molecule has 1 aromatic carbocycles. The summed E-state index contributed by atoms with van der Waals surface area (Å²) < 4.78 is 30.2. The van der Waals surface area contributed by atoms with Gasteiger partial charge in [-0.2, -0.15) is 4.31 Å². The van der Waals surface area contributed by atoms with Gasteiger partial charge in [0, 0.05) is 49.8 Å². The van der Waals surface area contributed by atoms with Crippen LogP contribution in [0.1, 0.15) is 39.5 Å². The highest BCUT2D eigenvalue weighted by atomic mass is 32.2. The van der Waals surface area contributed by atoms with Crippen LogP contribution in [-0.2, 0) is 21.4 Å². The van der Waals surface area contributed by atoms with E-state index < -0.39 is 10.0 Å². The molecule has 0 aliphatic carbocycles. The molecule has 1 amide bonds. The lowest BCUT2D eigenvalue weighted by molar-refractivity contribution is -0.138. The number of likely N-dealkylation sites (tertiary alicyclic amines) is 1. The number of aromatic nitrogens is 1. The smallest absolute Gasteiger partial charge is 0.243 e. The predicted octanol–water partition coefficient (Wildman–Crippen LogP) is 3.32. The molecule has 0 radical (unpaired) electrons. The lowest BCUT2D eigenvalue weighted by atomic mass is 9.94. The van der Waals surface area contributed by atoms with E-state index >= 15 is 0 Å². The Balaban J connectivity index is 1.53. The summed E-state index contributed by atoms with van der Waals surface area (Å²) in [5.41, 5.74) is 1.04. The fourth-order valence-corrected chi connectivity index (χ4v) is 6.33. The summed E-state index contributed by atoms with van der Waals surface area (Å²) in [6.45, 7) is 7.47. The highest BCUT2D eigenvalue weighted by molar-refractivity contribution is 7.89. The summed E-state index contributed by atoms with van der Waals surface area (Å²) in [4.78, 5) is 15.3. The maximum absolute atomic E-state index is 13.3. The molecular formula is C22H31N3O3S. The first-order chi connectivity index (χ1) is 13.9. The molecule has 29 heavy (non-hydrogen) atoms. The van der Waals surface area contributed by atoms with Gasteiger partial charge in [0.25, 0.3) is 0 Å². The second kappa shape index (κ2) is 8.11. The van der Waals surface area contributed by atoms with E-state index in [1.54, 1.807) is 12.1 Å². The van der Waals surface area contributed by atoms with Gasteiger partial charge in [-0.05, 0) is 62.8 Å². The third kappa shape index (κ3) is 3.94. The minimum Gasteiger partial charge on any atom is -0.348 e. The average molecular weight is 418 g/mol. The SMILES string of the molecule is CCn1ccc2cc(S(=O)(=O)N3CCC[C@H](C(=O)N4CCC[C@@H](C)C4)C3)ccc21. The van der Waals surface area contributed by atoms with Crippen LogP contribution in [0.4, 0.5) is 0 Å². The number of amides is 1. The van der Waals surface area contributed by atoms with Crippen molar-refractivity contribution < 1.29 is 13.2 Å². The van der Waals surface area contributed by atoms with E-state index in [0.717, 1.165) is 56.2 Å². The minimum absolute atomic E-state index is 0.131. The van der Waals surface area contributed by atoms with Gasteiger partial charge in [0.05, 0.1) is 10.8 Å². The first-order valence-corrected chi connectivity index (χ1v) is 12.2. The summed E-state index contributed by atoms with van der Waals surface area (Å²) >= 11 is 0. The molecular weight excluding hydrogens is 386 g/mol. The second-order valence-electron chi connectivity index (χ2n) is 8.56. The van der Waals surface area contributed by atoms with E-state index in [2.05, 4.69) is 18.4 Å². The number of hydrogen-bond donors (Lipinski definition) is 0. The highest BCUT2D eigenvalue weighted by Gasteiger charge is 2.36. The van der Waals surface area contributed by atoms with E-state index in [0.29, 0.717) is 23.9 Å². The van der Waals surface area contributed by atoms with Crippen LogP contribution in [0.2, 0.25) is 0 Å². The molecule has 4 rings (SSSR count). The minimum atomic E-state index is -3.61. The Morgan fingerprint density at radius 1 is 1.10 bits per heavy atom. The monoisotopic (exact) mass is 417 g/mol. The van der Waals surface area contributed by atoms with Crippen molar-refractivity contribution in [3.05, 3.63) is 30.5 Å². The van der Waals surface area contributed by atoms with E-state index in [1.165, 1.54) is 4.31 Å². The molecule has 0 bridgehead atoms. The Labute approximate surface area is 173 Å². The van der Waals surface area contributed by atoms with Gasteiger partial charge in [0.1, 0.15) is 0 Å². The highest BCUT2D eigenvalue weighted by Crippen LogP contribution is 2.28. The van der Waals surface area contributed by atoms with E-state index in [-0.39, 0.29) is 11.8 Å². The molecule has 158 valence electrons. The quantitative estimate of drug-likeness (QED) is 0.767. The second-order valence-corrected chi connectivity index (χ2v) is 10.5. The maximum Gasteiger partial charge on any atom is 0.243 e. The van der Waals surface area contributed by atoms with Gasteiger partial charge < -0.3 is 9.47 Å². The molecule has 0 spiro atoms. The van der Waals surface area contributed by atoms with Gasteiger partial charge in [0.2, 0.25) is 15.9 Å². The predicted molar refractivity (Wildman–Crippen MR) is 114 cm³/mol. The Morgan fingerprint density at radius 2 is 1.90 bits per heavy atom. The van der Waals surface area contributed by atoms with Crippen molar-refractivity contribution in [1.29, 1.82) is 0 Å². The van der Waals surface area contributed by atoms with Crippen LogP contribution in [0, 0.1) is 11.8 Å². The van der Waals surface area contributed by atoms with Crippen molar-refractivity contribution >= 4 is 26.8 Å². The fourth-order valence-electron chi connectivity index (χ4n) is 4.77. The summed E-state index contributed by atoms with van der Waals surface area (Å²) in [7, 11) is -3.61. The van der Waals surface area contributed by atoms with Gasteiger partial charge in [0.15, 0.2) is 0 Å². The van der Waals surface area contributed by atoms with Crippen molar-refractivity contribution in [1.82, 2.24) is 13.8 Å². The van der Waals surface area contributed by atoms with Crippen LogP contribution < -0.4 is 0 Å². The van der Waals surface area contributed by atoms with Gasteiger partial charge in [-0.3, -0.25) is 4.79 Å². The molecule has 0 saturated carbocycles. The Morgan fingerprint density at radius 3 is 2.66 bits per heavy atom. The van der Waals surface area contributed by atoms with Gasteiger partial charge in [-0.25, -0.2) is 8.42 Å². The first-order valence-electron chi connectivity index (χ1n) is 10.8. The summed E-state index contributed by atoms with van der Waals surface area (Å²) in [5.74, 6) is 0.430. The van der Waals surface area contributed by atoms with Crippen LogP contribution in [0.5, 0.6) is 0 Å². The molecule has 7 heteroatoms. The molecule has 2 aliphatic rings. The van der Waals surface area contributed by atoms with Crippen molar-refractivity contribution in [2.24, 2.45) is 11.8 Å². The zero-order valence-electron chi connectivity index (χ0n) is 17.4. The normalized spacial score (nSPS) is 24.1. The van der Waals surface area contributed by atoms with E-state index in [1.807, 2.05) is 23.2 Å². The molecule has 0 N–H and O–H groups in total. The van der Waals surface area contributed by atoms with Gasteiger partial charge >= 0.3 is 0 Å². The van der Waals surface area contributed by atoms with Crippen LogP contribution >= 0.6 is 0 Å². The van der Waals surface area contributed by atoms with Gasteiger partial charge in [-0.15, -0.1) is 0 Å². The molecule has 0 unspecified atom stereocenters. The molecule has 2 atom stereocenters. The van der Waals surface area contributed by atoms with Crippen LogP contribution in [0.3, 0.4) is 0 Å². The summed E-state index contributed by atoms with van der Waals surface area (Å²) in [6.07, 6.45) is 5.69. The molecule has 2 aromatic rings. The standard InChI is InChI=1S/C22H31N3O3S/c1-3-23-13-10-18-14-20(8-9-21(18)23)29(27,28)25-12-5-7-19(16-25)22(26)24-11-4-6-17(2)15-24/h8-10,13-14,17,19H,3-7,11-12,15-16H2,1-2H3/t17-,19+/m1/s1. The summed E-state index contributed by atoms with van der Waals surface area (Å²) in [6, 6.07) is 7.29. The molecule has 2 fully saturated rings. The van der Waals surface area contributed by atoms with Crippen molar-refractivity contribution in [3.8, 4) is 0 Å². The third-order valence-electron chi connectivity index (χ3n) is 6.42. The van der Waals surface area contributed by atoms with Crippen molar-refractivity contribution in [3.63, 3.8) is 0 Å². The number of carbonyl (C=O) groups excluding carboxylic acids is 1. The molecule has 2 saturated heterocycles. The molecule has 3 heterocycles. The number of rotatable bonds is 4. The number of nitrogens with zero attached hydrogens (tertiary/aromatic N) is 3. The number of piperidine rings is 2. The maximum atomic E-state index is 13.3. The number of carbonyl (C=O) groups is 1. The average Bonchev–Trinajstić information content (AvgIpc) is 3.15. The van der Waals surface area contributed by atoms with E-state index in [9.17, 15) is 13.2 Å². The van der Waals surface area contributed by atoms with Crippen LogP contribution in [0.15, 0.2) is 35.4 Å². The Kier molecular flexibility index (Phi) is 5.71. The Hall–Kier alpha value is -1.86.